The topological polar surface area (TPSA) is 89.5 Å². The number of carbonyl (C=O) groups is 2. The van der Waals surface area contributed by atoms with Gasteiger partial charge in [-0.25, -0.2) is 0 Å². The van der Waals surface area contributed by atoms with Crippen molar-refractivity contribution in [2.75, 3.05) is 6.61 Å². The molecule has 0 saturated carbocycles. The predicted molar refractivity (Wildman–Crippen MR) is 142 cm³/mol. The van der Waals surface area contributed by atoms with Crippen molar-refractivity contribution in [1.29, 1.82) is 0 Å². The summed E-state index contributed by atoms with van der Waals surface area (Å²) in [6.07, 6.45) is -4.15. The number of ether oxygens (including phenoxy) is 6. The Bertz CT molecular complexity index is 1150. The second-order valence-corrected chi connectivity index (χ2v) is 9.24. The standard InChI is InChI=1S/C31H34O8/c1-22(32)34-21-27-28(35-18-24-12-6-3-7-13-24)29(36-19-25-14-8-4-9-15-25)30(31(39-27)38-23(2)33)37-20-26-16-10-5-11-17-26/h3-17,27-31H,18-21H2,1-2H3/t27?,28-,29+,30?,31-/m0/s1. The summed E-state index contributed by atoms with van der Waals surface area (Å²) in [6.45, 7) is 3.27. The number of hydrogen-bond donors (Lipinski definition) is 0. The van der Waals surface area contributed by atoms with E-state index in [-0.39, 0.29) is 26.4 Å². The quantitative estimate of drug-likeness (QED) is 0.312. The monoisotopic (exact) mass is 534 g/mol. The van der Waals surface area contributed by atoms with E-state index in [9.17, 15) is 9.59 Å². The molecule has 2 unspecified atom stereocenters. The first-order chi connectivity index (χ1) is 19.0. The molecule has 0 spiro atoms. The van der Waals surface area contributed by atoms with Crippen LogP contribution in [0.25, 0.3) is 0 Å². The van der Waals surface area contributed by atoms with Crippen molar-refractivity contribution in [3.05, 3.63) is 108 Å². The van der Waals surface area contributed by atoms with E-state index in [0.717, 1.165) is 16.7 Å². The van der Waals surface area contributed by atoms with Gasteiger partial charge < -0.3 is 28.4 Å². The highest BCUT2D eigenvalue weighted by atomic mass is 16.7. The number of rotatable bonds is 12. The molecule has 39 heavy (non-hydrogen) atoms. The summed E-state index contributed by atoms with van der Waals surface area (Å²) in [5.74, 6) is -1.00. The van der Waals surface area contributed by atoms with Gasteiger partial charge in [-0.3, -0.25) is 9.59 Å². The van der Waals surface area contributed by atoms with Crippen molar-refractivity contribution in [3.63, 3.8) is 0 Å². The van der Waals surface area contributed by atoms with Gasteiger partial charge in [0.15, 0.2) is 0 Å². The Balaban J connectivity index is 1.64. The largest absolute Gasteiger partial charge is 0.463 e. The lowest BCUT2D eigenvalue weighted by Gasteiger charge is -2.45. The molecule has 0 aliphatic carbocycles. The molecule has 0 amide bonds. The summed E-state index contributed by atoms with van der Waals surface area (Å²) in [6, 6.07) is 29.1. The van der Waals surface area contributed by atoms with Crippen LogP contribution in [0.1, 0.15) is 30.5 Å². The van der Waals surface area contributed by atoms with Crippen LogP contribution in [-0.2, 0) is 57.8 Å². The normalized spacial score (nSPS) is 22.7. The van der Waals surface area contributed by atoms with Gasteiger partial charge in [0.2, 0.25) is 6.29 Å². The Hall–Kier alpha value is -3.56. The maximum Gasteiger partial charge on any atom is 0.305 e. The van der Waals surface area contributed by atoms with Gasteiger partial charge in [-0.1, -0.05) is 91.0 Å². The Morgan fingerprint density at radius 1 is 0.615 bits per heavy atom. The highest BCUT2D eigenvalue weighted by molar-refractivity contribution is 5.66. The molecule has 0 aromatic heterocycles. The number of benzene rings is 3. The van der Waals surface area contributed by atoms with Crippen molar-refractivity contribution in [2.45, 2.75) is 64.4 Å². The third-order valence-electron chi connectivity index (χ3n) is 6.18. The minimum Gasteiger partial charge on any atom is -0.463 e. The summed E-state index contributed by atoms with van der Waals surface area (Å²) in [7, 11) is 0. The third-order valence-corrected chi connectivity index (χ3v) is 6.18. The molecule has 3 aromatic rings. The molecule has 0 bridgehead atoms. The van der Waals surface area contributed by atoms with Crippen LogP contribution >= 0.6 is 0 Å². The first-order valence-electron chi connectivity index (χ1n) is 12.9. The van der Waals surface area contributed by atoms with E-state index < -0.39 is 42.6 Å². The second kappa shape index (κ2) is 14.6. The Morgan fingerprint density at radius 2 is 1.05 bits per heavy atom. The van der Waals surface area contributed by atoms with Crippen molar-refractivity contribution in [2.24, 2.45) is 0 Å². The molecule has 0 N–H and O–H groups in total. The van der Waals surface area contributed by atoms with Crippen LogP contribution in [0.5, 0.6) is 0 Å². The Kier molecular flexibility index (Phi) is 10.6. The SMILES string of the molecule is CC(=O)OCC1O[C@H](OC(C)=O)C(OCc2ccccc2)[C@H](OCc2ccccc2)[C@H]1OCc1ccccc1. The van der Waals surface area contributed by atoms with Crippen LogP contribution in [0.4, 0.5) is 0 Å². The van der Waals surface area contributed by atoms with Crippen LogP contribution in [0.15, 0.2) is 91.0 Å². The lowest BCUT2D eigenvalue weighted by Crippen LogP contribution is -2.62. The summed E-state index contributed by atoms with van der Waals surface area (Å²) in [5, 5.41) is 0. The fourth-order valence-corrected chi connectivity index (χ4v) is 4.34. The van der Waals surface area contributed by atoms with E-state index in [1.54, 1.807) is 0 Å². The first-order valence-corrected chi connectivity index (χ1v) is 12.9. The predicted octanol–water partition coefficient (Wildman–Crippen LogP) is 4.59. The zero-order valence-corrected chi connectivity index (χ0v) is 22.1. The lowest BCUT2D eigenvalue weighted by atomic mass is 9.97. The van der Waals surface area contributed by atoms with Gasteiger partial charge in [-0.05, 0) is 16.7 Å². The van der Waals surface area contributed by atoms with E-state index in [1.165, 1.54) is 13.8 Å². The third kappa shape index (κ3) is 8.73. The number of esters is 2. The molecular weight excluding hydrogens is 500 g/mol. The van der Waals surface area contributed by atoms with Crippen LogP contribution in [0, 0.1) is 0 Å². The molecule has 1 heterocycles. The van der Waals surface area contributed by atoms with Crippen LogP contribution < -0.4 is 0 Å². The number of hydrogen-bond acceptors (Lipinski definition) is 8. The molecule has 1 aliphatic rings. The molecule has 8 heteroatoms. The zero-order chi connectivity index (χ0) is 27.5. The Labute approximate surface area is 228 Å². The molecule has 0 radical (unpaired) electrons. The molecule has 3 aromatic carbocycles. The molecule has 1 fully saturated rings. The van der Waals surface area contributed by atoms with E-state index in [0.29, 0.717) is 0 Å². The van der Waals surface area contributed by atoms with Crippen molar-refractivity contribution >= 4 is 11.9 Å². The van der Waals surface area contributed by atoms with Gasteiger partial charge in [0.05, 0.1) is 19.8 Å². The van der Waals surface area contributed by atoms with E-state index >= 15 is 0 Å². The van der Waals surface area contributed by atoms with Gasteiger partial charge >= 0.3 is 11.9 Å². The lowest BCUT2D eigenvalue weighted by molar-refractivity contribution is -0.318. The molecular formula is C31H34O8. The molecule has 1 aliphatic heterocycles. The summed E-state index contributed by atoms with van der Waals surface area (Å²) in [5.41, 5.74) is 2.84. The molecule has 1 saturated heterocycles. The van der Waals surface area contributed by atoms with Crippen molar-refractivity contribution in [1.82, 2.24) is 0 Å². The van der Waals surface area contributed by atoms with Crippen LogP contribution in [0.2, 0.25) is 0 Å². The van der Waals surface area contributed by atoms with E-state index in [4.69, 9.17) is 28.4 Å². The maximum absolute atomic E-state index is 12.1. The highest BCUT2D eigenvalue weighted by Crippen LogP contribution is 2.31. The highest BCUT2D eigenvalue weighted by Gasteiger charge is 2.50. The maximum atomic E-state index is 12.1. The average molecular weight is 535 g/mol. The molecule has 8 nitrogen and oxygen atoms in total. The zero-order valence-electron chi connectivity index (χ0n) is 22.1. The minimum atomic E-state index is -1.11. The first kappa shape index (κ1) is 28.4. The average Bonchev–Trinajstić information content (AvgIpc) is 2.95. The fourth-order valence-electron chi connectivity index (χ4n) is 4.34. The second-order valence-electron chi connectivity index (χ2n) is 9.24. The van der Waals surface area contributed by atoms with Crippen molar-refractivity contribution in [3.8, 4) is 0 Å². The molecule has 5 atom stereocenters. The molecule has 4 rings (SSSR count). The van der Waals surface area contributed by atoms with Crippen LogP contribution in [0.3, 0.4) is 0 Å². The number of carbonyl (C=O) groups excluding carboxylic acids is 2. The van der Waals surface area contributed by atoms with Gasteiger partial charge in [-0.15, -0.1) is 0 Å². The van der Waals surface area contributed by atoms with Gasteiger partial charge in [0.1, 0.15) is 31.0 Å². The van der Waals surface area contributed by atoms with E-state index in [2.05, 4.69) is 0 Å². The van der Waals surface area contributed by atoms with Crippen LogP contribution in [-0.4, -0.2) is 49.3 Å². The Morgan fingerprint density at radius 3 is 1.49 bits per heavy atom. The molecule has 206 valence electrons. The fraction of sp³-hybridized carbons (Fsp3) is 0.355. The van der Waals surface area contributed by atoms with E-state index in [1.807, 2.05) is 91.0 Å². The van der Waals surface area contributed by atoms with Gasteiger partial charge in [0, 0.05) is 13.8 Å². The van der Waals surface area contributed by atoms with Gasteiger partial charge in [0.25, 0.3) is 0 Å². The van der Waals surface area contributed by atoms with Gasteiger partial charge in [-0.2, -0.15) is 0 Å². The summed E-state index contributed by atoms with van der Waals surface area (Å²) < 4.78 is 36.2. The van der Waals surface area contributed by atoms with Crippen molar-refractivity contribution < 1.29 is 38.0 Å². The minimum absolute atomic E-state index is 0.108. The smallest absolute Gasteiger partial charge is 0.305 e. The summed E-state index contributed by atoms with van der Waals surface area (Å²) in [4.78, 5) is 23.8. The summed E-state index contributed by atoms with van der Waals surface area (Å²) >= 11 is 0.